The summed E-state index contributed by atoms with van der Waals surface area (Å²) in [6.07, 6.45) is 0.822. The van der Waals surface area contributed by atoms with E-state index in [1.165, 1.54) is 4.90 Å². The molecule has 3 nitrogen and oxygen atoms in total. The van der Waals surface area contributed by atoms with Gasteiger partial charge in [-0.05, 0) is 25.5 Å². The molecular weight excluding hydrogens is 246 g/mol. The summed E-state index contributed by atoms with van der Waals surface area (Å²) in [7, 11) is 1.79. The van der Waals surface area contributed by atoms with Crippen LogP contribution in [0.2, 0.25) is 0 Å². The fraction of sp³-hybridized carbons (Fsp3) is 0.500. The molecule has 1 aromatic carbocycles. The van der Waals surface area contributed by atoms with Gasteiger partial charge in [0.2, 0.25) is 5.91 Å². The lowest BCUT2D eigenvalue weighted by atomic mass is 10.2. The summed E-state index contributed by atoms with van der Waals surface area (Å²) in [5, 5.41) is 9.17. The molecule has 1 amide bonds. The molecule has 1 atom stereocenters. The zero-order chi connectivity index (χ0) is 13.4. The lowest BCUT2D eigenvalue weighted by Gasteiger charge is -2.17. The number of hydrogen-bond donors (Lipinski definition) is 1. The zero-order valence-electron chi connectivity index (χ0n) is 11.0. The predicted octanol–water partition coefficient (Wildman–Crippen LogP) is 2.40. The largest absolute Gasteiger partial charge is 0.393 e. The number of carbonyl (C=O) groups excluding carboxylic acids is 1. The Hall–Kier alpha value is -1.00. The Morgan fingerprint density at radius 2 is 2.06 bits per heavy atom. The van der Waals surface area contributed by atoms with E-state index in [1.54, 1.807) is 30.6 Å². The normalized spacial score (nSPS) is 12.2. The van der Waals surface area contributed by atoms with E-state index in [0.717, 1.165) is 5.75 Å². The molecule has 0 radical (unpaired) electrons. The fourth-order valence-electron chi connectivity index (χ4n) is 1.47. The van der Waals surface area contributed by atoms with Gasteiger partial charge in [0.15, 0.2) is 0 Å². The van der Waals surface area contributed by atoms with Crippen molar-refractivity contribution in [2.75, 3.05) is 19.3 Å². The number of carbonyl (C=O) groups is 1. The van der Waals surface area contributed by atoms with Crippen LogP contribution in [0.5, 0.6) is 0 Å². The highest BCUT2D eigenvalue weighted by atomic mass is 32.2. The van der Waals surface area contributed by atoms with Gasteiger partial charge in [0.05, 0.1) is 6.10 Å². The molecule has 100 valence electrons. The van der Waals surface area contributed by atoms with Crippen molar-refractivity contribution in [2.24, 2.45) is 0 Å². The molecule has 0 aliphatic carbocycles. The maximum Gasteiger partial charge on any atom is 0.223 e. The van der Waals surface area contributed by atoms with E-state index >= 15 is 0 Å². The number of thioether (sulfide) groups is 1. The van der Waals surface area contributed by atoms with Crippen LogP contribution in [0.25, 0.3) is 0 Å². The van der Waals surface area contributed by atoms with Gasteiger partial charge in [-0.2, -0.15) is 0 Å². The minimum Gasteiger partial charge on any atom is -0.393 e. The van der Waals surface area contributed by atoms with Crippen molar-refractivity contribution in [3.8, 4) is 0 Å². The molecular formula is C14H21NO2S. The number of aliphatic hydroxyl groups is 1. The van der Waals surface area contributed by atoms with Crippen LogP contribution in [0.3, 0.4) is 0 Å². The van der Waals surface area contributed by atoms with Crippen LogP contribution in [-0.4, -0.2) is 41.4 Å². The van der Waals surface area contributed by atoms with Crippen LogP contribution >= 0.6 is 11.8 Å². The van der Waals surface area contributed by atoms with E-state index in [4.69, 9.17) is 5.11 Å². The van der Waals surface area contributed by atoms with Gasteiger partial charge < -0.3 is 10.0 Å². The van der Waals surface area contributed by atoms with Gasteiger partial charge >= 0.3 is 0 Å². The van der Waals surface area contributed by atoms with E-state index in [0.29, 0.717) is 19.4 Å². The second-order valence-corrected chi connectivity index (χ2v) is 5.53. The van der Waals surface area contributed by atoms with Crippen molar-refractivity contribution in [1.82, 2.24) is 4.90 Å². The molecule has 0 fully saturated rings. The Kier molecular flexibility index (Phi) is 6.83. The maximum absolute atomic E-state index is 11.8. The summed E-state index contributed by atoms with van der Waals surface area (Å²) in [6, 6.07) is 10.1. The van der Waals surface area contributed by atoms with Gasteiger partial charge in [-0.25, -0.2) is 0 Å². The quantitative estimate of drug-likeness (QED) is 0.771. The maximum atomic E-state index is 11.8. The average Bonchev–Trinajstić information content (AvgIpc) is 2.37. The molecule has 0 aliphatic heterocycles. The second kappa shape index (κ2) is 8.16. The number of nitrogens with zero attached hydrogens (tertiary/aromatic N) is 1. The third-order valence-corrected chi connectivity index (χ3v) is 3.65. The van der Waals surface area contributed by atoms with Gasteiger partial charge in [-0.3, -0.25) is 4.79 Å². The van der Waals surface area contributed by atoms with Crippen LogP contribution in [-0.2, 0) is 4.79 Å². The zero-order valence-corrected chi connectivity index (χ0v) is 11.8. The number of rotatable bonds is 7. The Morgan fingerprint density at radius 1 is 1.39 bits per heavy atom. The smallest absolute Gasteiger partial charge is 0.223 e. The Labute approximate surface area is 113 Å². The third kappa shape index (κ3) is 6.07. The highest BCUT2D eigenvalue weighted by molar-refractivity contribution is 7.99. The van der Waals surface area contributed by atoms with E-state index in [1.807, 2.05) is 30.3 Å². The van der Waals surface area contributed by atoms with E-state index in [-0.39, 0.29) is 12.0 Å². The highest BCUT2D eigenvalue weighted by Gasteiger charge is 2.09. The Bertz CT molecular complexity index is 354. The lowest BCUT2D eigenvalue weighted by molar-refractivity contribution is -0.129. The standard InChI is InChI=1S/C14H21NO2S/c1-12(16)8-10-15(2)14(17)9-11-18-13-6-4-3-5-7-13/h3-7,12,16H,8-11H2,1-2H3. The first-order valence-electron chi connectivity index (χ1n) is 6.19. The van der Waals surface area contributed by atoms with Crippen molar-refractivity contribution >= 4 is 17.7 Å². The summed E-state index contributed by atoms with van der Waals surface area (Å²) in [5.74, 6) is 0.932. The predicted molar refractivity (Wildman–Crippen MR) is 75.7 cm³/mol. The molecule has 0 spiro atoms. The van der Waals surface area contributed by atoms with Gasteiger partial charge in [0, 0.05) is 30.7 Å². The third-order valence-electron chi connectivity index (χ3n) is 2.64. The summed E-state index contributed by atoms with van der Waals surface area (Å²) in [4.78, 5) is 14.7. The van der Waals surface area contributed by atoms with Crippen LogP contribution in [0.1, 0.15) is 19.8 Å². The van der Waals surface area contributed by atoms with Crippen molar-refractivity contribution in [2.45, 2.75) is 30.8 Å². The van der Waals surface area contributed by atoms with E-state index in [2.05, 4.69) is 0 Å². The molecule has 0 heterocycles. The molecule has 1 unspecified atom stereocenters. The molecule has 18 heavy (non-hydrogen) atoms. The number of benzene rings is 1. The molecule has 1 rings (SSSR count). The topological polar surface area (TPSA) is 40.5 Å². The van der Waals surface area contributed by atoms with Crippen LogP contribution in [0, 0.1) is 0 Å². The van der Waals surface area contributed by atoms with Gasteiger partial charge in [0.25, 0.3) is 0 Å². The lowest BCUT2D eigenvalue weighted by Crippen LogP contribution is -2.29. The summed E-state index contributed by atoms with van der Waals surface area (Å²) in [6.45, 7) is 2.36. The summed E-state index contributed by atoms with van der Waals surface area (Å²) in [5.41, 5.74) is 0. The van der Waals surface area contributed by atoms with Crippen molar-refractivity contribution < 1.29 is 9.90 Å². The number of amides is 1. The van der Waals surface area contributed by atoms with Crippen LogP contribution < -0.4 is 0 Å². The molecule has 0 saturated heterocycles. The molecule has 0 aliphatic rings. The van der Waals surface area contributed by atoms with Crippen molar-refractivity contribution in [1.29, 1.82) is 0 Å². The van der Waals surface area contributed by atoms with E-state index < -0.39 is 0 Å². The van der Waals surface area contributed by atoms with Gasteiger partial charge in [0.1, 0.15) is 0 Å². The summed E-state index contributed by atoms with van der Waals surface area (Å²) >= 11 is 1.69. The van der Waals surface area contributed by atoms with E-state index in [9.17, 15) is 4.79 Å². The first kappa shape index (κ1) is 15.1. The fourth-order valence-corrected chi connectivity index (χ4v) is 2.33. The molecule has 1 N–H and O–H groups in total. The molecule has 0 bridgehead atoms. The minimum atomic E-state index is -0.348. The summed E-state index contributed by atoms with van der Waals surface area (Å²) < 4.78 is 0. The first-order valence-corrected chi connectivity index (χ1v) is 7.18. The second-order valence-electron chi connectivity index (χ2n) is 4.36. The number of aliphatic hydroxyl groups excluding tert-OH is 1. The SMILES string of the molecule is CC(O)CCN(C)C(=O)CCSc1ccccc1. The Morgan fingerprint density at radius 3 is 2.67 bits per heavy atom. The molecule has 1 aromatic rings. The van der Waals surface area contributed by atoms with Gasteiger partial charge in [-0.1, -0.05) is 18.2 Å². The van der Waals surface area contributed by atoms with Crippen molar-refractivity contribution in [3.63, 3.8) is 0 Å². The number of hydrogen-bond acceptors (Lipinski definition) is 3. The van der Waals surface area contributed by atoms with Gasteiger partial charge in [-0.15, -0.1) is 11.8 Å². The van der Waals surface area contributed by atoms with Crippen LogP contribution in [0.4, 0.5) is 0 Å². The Balaban J connectivity index is 2.20. The molecule has 0 saturated carbocycles. The highest BCUT2D eigenvalue weighted by Crippen LogP contribution is 2.17. The average molecular weight is 267 g/mol. The first-order chi connectivity index (χ1) is 8.59. The van der Waals surface area contributed by atoms with Crippen molar-refractivity contribution in [3.05, 3.63) is 30.3 Å². The minimum absolute atomic E-state index is 0.138. The molecule has 4 heteroatoms. The molecule has 0 aromatic heterocycles. The van der Waals surface area contributed by atoms with Crippen LogP contribution in [0.15, 0.2) is 35.2 Å². The monoisotopic (exact) mass is 267 g/mol.